The zero-order valence-corrected chi connectivity index (χ0v) is 18.1. The normalized spacial score (nSPS) is 14.5. The second-order valence-corrected chi connectivity index (χ2v) is 8.46. The fraction of sp³-hybridized carbons (Fsp3) is 0.280. The molecule has 0 saturated carbocycles. The number of aromatic amines is 1. The van der Waals surface area contributed by atoms with Gasteiger partial charge >= 0.3 is 0 Å². The molecule has 7 heteroatoms. The molecule has 0 spiro atoms. The summed E-state index contributed by atoms with van der Waals surface area (Å²) in [7, 11) is 0. The van der Waals surface area contributed by atoms with Crippen LogP contribution in [0.5, 0.6) is 0 Å². The summed E-state index contributed by atoms with van der Waals surface area (Å²) >= 11 is 0. The lowest BCUT2D eigenvalue weighted by Gasteiger charge is -2.26. The molecular weight excluding hydrogens is 400 g/mol. The van der Waals surface area contributed by atoms with E-state index in [0.717, 1.165) is 47.2 Å². The van der Waals surface area contributed by atoms with Gasteiger partial charge in [-0.3, -0.25) is 24.8 Å². The Bertz CT molecular complexity index is 1260. The van der Waals surface area contributed by atoms with Crippen LogP contribution in [-0.2, 0) is 6.54 Å². The van der Waals surface area contributed by atoms with Gasteiger partial charge in [0.1, 0.15) is 0 Å². The van der Waals surface area contributed by atoms with E-state index in [1.807, 2.05) is 43.6 Å². The first kappa shape index (κ1) is 20.3. The maximum Gasteiger partial charge on any atom is 0.276 e. The van der Waals surface area contributed by atoms with Crippen LogP contribution in [-0.4, -0.2) is 44.1 Å². The monoisotopic (exact) mass is 426 g/mol. The number of aromatic nitrogens is 4. The van der Waals surface area contributed by atoms with E-state index in [2.05, 4.69) is 36.4 Å². The van der Waals surface area contributed by atoms with Gasteiger partial charge in [0.25, 0.3) is 5.91 Å². The van der Waals surface area contributed by atoms with Gasteiger partial charge in [0.05, 0.1) is 17.4 Å². The number of aryl methyl sites for hydroxylation is 1. The van der Waals surface area contributed by atoms with Crippen LogP contribution in [0.3, 0.4) is 0 Å². The number of carbonyl (C=O) groups excluding carboxylic acids is 1. The molecule has 1 amide bonds. The van der Waals surface area contributed by atoms with Gasteiger partial charge in [-0.1, -0.05) is 12.5 Å². The van der Waals surface area contributed by atoms with Gasteiger partial charge in [0, 0.05) is 36.1 Å². The average molecular weight is 427 g/mol. The van der Waals surface area contributed by atoms with Crippen LogP contribution in [0.2, 0.25) is 0 Å². The lowest BCUT2D eigenvalue weighted by molar-refractivity contribution is 0.102. The molecule has 32 heavy (non-hydrogen) atoms. The van der Waals surface area contributed by atoms with Crippen molar-refractivity contribution in [3.63, 3.8) is 0 Å². The summed E-state index contributed by atoms with van der Waals surface area (Å²) in [6, 6.07) is 10.1. The minimum absolute atomic E-state index is 0.266. The van der Waals surface area contributed by atoms with Crippen molar-refractivity contribution >= 4 is 22.5 Å². The van der Waals surface area contributed by atoms with Crippen LogP contribution < -0.4 is 5.32 Å². The van der Waals surface area contributed by atoms with Gasteiger partial charge in [-0.2, -0.15) is 5.10 Å². The van der Waals surface area contributed by atoms with Crippen LogP contribution in [0.15, 0.2) is 55.1 Å². The van der Waals surface area contributed by atoms with E-state index in [9.17, 15) is 4.79 Å². The Balaban J connectivity index is 1.41. The number of fused-ring (bicyclic) bond motifs is 1. The van der Waals surface area contributed by atoms with E-state index in [-0.39, 0.29) is 5.91 Å². The highest BCUT2D eigenvalue weighted by molar-refractivity contribution is 6.11. The molecule has 3 aromatic heterocycles. The van der Waals surface area contributed by atoms with E-state index in [4.69, 9.17) is 0 Å². The lowest BCUT2D eigenvalue weighted by atomic mass is 10.0. The highest BCUT2D eigenvalue weighted by atomic mass is 16.1. The summed E-state index contributed by atoms with van der Waals surface area (Å²) in [5.74, 6) is -0.266. The van der Waals surface area contributed by atoms with Crippen molar-refractivity contribution in [3.8, 4) is 11.1 Å². The molecule has 4 heterocycles. The first-order valence-corrected chi connectivity index (χ1v) is 11.0. The van der Waals surface area contributed by atoms with E-state index in [1.54, 1.807) is 12.4 Å². The van der Waals surface area contributed by atoms with Gasteiger partial charge in [0.15, 0.2) is 5.69 Å². The number of hydrogen-bond donors (Lipinski definition) is 2. The molecule has 5 rings (SSSR count). The van der Waals surface area contributed by atoms with Crippen molar-refractivity contribution < 1.29 is 4.79 Å². The SMILES string of the molecule is Cc1cncc(NC(=O)c2n[nH]c3ccc(-c4cncc(CN5CCCCC5)c4)cc23)c1. The van der Waals surface area contributed by atoms with Crippen molar-refractivity contribution in [1.29, 1.82) is 0 Å². The first-order valence-electron chi connectivity index (χ1n) is 11.0. The molecule has 0 bridgehead atoms. The van der Waals surface area contributed by atoms with Gasteiger partial charge in [-0.05, 0) is 73.8 Å². The van der Waals surface area contributed by atoms with Crippen LogP contribution in [0.25, 0.3) is 22.0 Å². The summed E-state index contributed by atoms with van der Waals surface area (Å²) in [4.78, 5) is 24.0. The number of amides is 1. The number of benzene rings is 1. The van der Waals surface area contributed by atoms with Crippen molar-refractivity contribution in [2.24, 2.45) is 0 Å². The van der Waals surface area contributed by atoms with E-state index in [0.29, 0.717) is 11.4 Å². The molecule has 0 radical (unpaired) electrons. The quantitative estimate of drug-likeness (QED) is 0.488. The summed E-state index contributed by atoms with van der Waals surface area (Å²) in [6.07, 6.45) is 11.1. The van der Waals surface area contributed by atoms with E-state index in [1.165, 1.54) is 24.8 Å². The number of piperidine rings is 1. The topological polar surface area (TPSA) is 86.8 Å². The number of nitrogens with one attached hydrogen (secondary N) is 2. The van der Waals surface area contributed by atoms with E-state index < -0.39 is 0 Å². The summed E-state index contributed by atoms with van der Waals surface area (Å²) in [5.41, 5.74) is 6.07. The smallest absolute Gasteiger partial charge is 0.276 e. The molecule has 0 atom stereocenters. The van der Waals surface area contributed by atoms with Gasteiger partial charge in [-0.25, -0.2) is 0 Å². The Morgan fingerprint density at radius 3 is 2.69 bits per heavy atom. The number of rotatable bonds is 5. The summed E-state index contributed by atoms with van der Waals surface area (Å²) < 4.78 is 0. The third-order valence-corrected chi connectivity index (χ3v) is 5.89. The van der Waals surface area contributed by atoms with Crippen molar-refractivity contribution in [3.05, 3.63) is 71.9 Å². The Kier molecular flexibility index (Phi) is 5.64. The van der Waals surface area contributed by atoms with Crippen molar-refractivity contribution in [2.75, 3.05) is 18.4 Å². The maximum atomic E-state index is 12.9. The van der Waals surface area contributed by atoms with Crippen LogP contribution >= 0.6 is 0 Å². The Labute approximate surface area is 186 Å². The molecule has 0 unspecified atom stereocenters. The molecule has 1 aliphatic heterocycles. The molecule has 1 saturated heterocycles. The minimum Gasteiger partial charge on any atom is -0.319 e. The molecule has 1 aromatic carbocycles. The number of pyridine rings is 2. The van der Waals surface area contributed by atoms with Crippen molar-refractivity contribution in [1.82, 2.24) is 25.1 Å². The molecule has 1 aliphatic rings. The third kappa shape index (κ3) is 4.38. The van der Waals surface area contributed by atoms with Gasteiger partial charge in [-0.15, -0.1) is 0 Å². The Hall–Kier alpha value is -3.58. The molecule has 4 aromatic rings. The van der Waals surface area contributed by atoms with Gasteiger partial charge < -0.3 is 5.32 Å². The molecular formula is C25H26N6O. The Morgan fingerprint density at radius 2 is 1.84 bits per heavy atom. The Morgan fingerprint density at radius 1 is 1.00 bits per heavy atom. The fourth-order valence-electron chi connectivity index (χ4n) is 4.29. The second-order valence-electron chi connectivity index (χ2n) is 8.46. The molecule has 2 N–H and O–H groups in total. The zero-order valence-electron chi connectivity index (χ0n) is 18.1. The second kappa shape index (κ2) is 8.88. The maximum absolute atomic E-state index is 12.9. The highest BCUT2D eigenvalue weighted by Gasteiger charge is 2.16. The van der Waals surface area contributed by atoms with Crippen LogP contribution in [0.1, 0.15) is 40.9 Å². The first-order chi connectivity index (χ1) is 15.7. The van der Waals surface area contributed by atoms with Crippen LogP contribution in [0.4, 0.5) is 5.69 Å². The number of anilines is 1. The number of hydrogen-bond acceptors (Lipinski definition) is 5. The number of likely N-dealkylation sites (tertiary alicyclic amines) is 1. The predicted molar refractivity (Wildman–Crippen MR) is 125 cm³/mol. The summed E-state index contributed by atoms with van der Waals surface area (Å²) in [6.45, 7) is 5.17. The van der Waals surface area contributed by atoms with Crippen molar-refractivity contribution in [2.45, 2.75) is 32.7 Å². The third-order valence-electron chi connectivity index (χ3n) is 5.89. The molecule has 7 nitrogen and oxygen atoms in total. The molecule has 162 valence electrons. The van der Waals surface area contributed by atoms with Crippen LogP contribution in [0, 0.1) is 6.92 Å². The number of nitrogens with zero attached hydrogens (tertiary/aromatic N) is 4. The summed E-state index contributed by atoms with van der Waals surface area (Å²) in [5, 5.41) is 10.9. The number of carbonyl (C=O) groups is 1. The standard InChI is InChI=1S/C25H26N6O/c1-17-9-21(15-26-12-17)28-25(32)24-22-11-19(5-6-23(22)29-30-24)20-10-18(13-27-14-20)16-31-7-3-2-4-8-31/h5-6,9-15H,2-4,7-8,16H2,1H3,(H,28,32)(H,29,30). The molecule has 1 fully saturated rings. The van der Waals surface area contributed by atoms with Gasteiger partial charge in [0.2, 0.25) is 0 Å². The lowest BCUT2D eigenvalue weighted by Crippen LogP contribution is -2.29. The average Bonchev–Trinajstić information content (AvgIpc) is 3.23. The fourth-order valence-corrected chi connectivity index (χ4v) is 4.29. The predicted octanol–water partition coefficient (Wildman–Crippen LogP) is 4.57. The number of H-pyrrole nitrogens is 1. The largest absolute Gasteiger partial charge is 0.319 e. The zero-order chi connectivity index (χ0) is 21.9. The minimum atomic E-state index is -0.266. The van der Waals surface area contributed by atoms with E-state index >= 15 is 0 Å². The molecule has 0 aliphatic carbocycles. The highest BCUT2D eigenvalue weighted by Crippen LogP contribution is 2.26.